The third-order valence-corrected chi connectivity index (χ3v) is 4.14. The summed E-state index contributed by atoms with van der Waals surface area (Å²) < 4.78 is 5.45. The van der Waals surface area contributed by atoms with Gasteiger partial charge in [0.25, 0.3) is 0 Å². The number of hydrogen-bond acceptors (Lipinski definition) is 2. The van der Waals surface area contributed by atoms with Gasteiger partial charge in [0, 0.05) is 20.0 Å². The minimum atomic E-state index is 0.218. The molecule has 2 rings (SSSR count). The van der Waals surface area contributed by atoms with Crippen LogP contribution in [0.15, 0.2) is 24.3 Å². The summed E-state index contributed by atoms with van der Waals surface area (Å²) in [5.74, 6) is 1.93. The van der Waals surface area contributed by atoms with Crippen molar-refractivity contribution in [3.63, 3.8) is 0 Å². The molecule has 1 aliphatic rings. The fourth-order valence-corrected chi connectivity index (χ4v) is 2.83. The summed E-state index contributed by atoms with van der Waals surface area (Å²) in [4.78, 5) is 13.2. The molecule has 1 heterocycles. The Hall–Kier alpha value is -1.51. The van der Waals surface area contributed by atoms with E-state index in [-0.39, 0.29) is 5.91 Å². The molecule has 1 fully saturated rings. The molecule has 0 bridgehead atoms. The molecular formula is C17H25NO2. The third-order valence-electron chi connectivity index (χ3n) is 4.14. The van der Waals surface area contributed by atoms with E-state index in [1.807, 2.05) is 11.8 Å². The van der Waals surface area contributed by atoms with Crippen molar-refractivity contribution in [3.8, 4) is 5.75 Å². The van der Waals surface area contributed by atoms with Crippen LogP contribution >= 0.6 is 0 Å². The quantitative estimate of drug-likeness (QED) is 0.825. The van der Waals surface area contributed by atoms with Gasteiger partial charge in [-0.1, -0.05) is 12.1 Å². The van der Waals surface area contributed by atoms with Gasteiger partial charge in [0.2, 0.25) is 5.91 Å². The number of benzene rings is 1. The molecule has 110 valence electrons. The Morgan fingerprint density at radius 2 is 1.90 bits per heavy atom. The first-order valence-electron chi connectivity index (χ1n) is 7.66. The summed E-state index contributed by atoms with van der Waals surface area (Å²) in [5, 5.41) is 0. The topological polar surface area (TPSA) is 29.5 Å². The van der Waals surface area contributed by atoms with E-state index in [1.54, 1.807) is 6.92 Å². The van der Waals surface area contributed by atoms with Crippen LogP contribution < -0.4 is 4.74 Å². The number of carbonyl (C=O) groups excluding carboxylic acids is 1. The fraction of sp³-hybridized carbons (Fsp3) is 0.588. The molecule has 0 aliphatic carbocycles. The van der Waals surface area contributed by atoms with Crippen molar-refractivity contribution >= 4 is 5.91 Å². The van der Waals surface area contributed by atoms with Gasteiger partial charge < -0.3 is 9.64 Å². The number of likely N-dealkylation sites (tertiary alicyclic amines) is 1. The molecule has 3 heteroatoms. The van der Waals surface area contributed by atoms with Crippen LogP contribution in [0.5, 0.6) is 5.75 Å². The van der Waals surface area contributed by atoms with E-state index >= 15 is 0 Å². The summed E-state index contributed by atoms with van der Waals surface area (Å²) in [6.07, 6.45) is 4.64. The van der Waals surface area contributed by atoms with Crippen LogP contribution in [-0.4, -0.2) is 30.5 Å². The number of nitrogens with zero attached hydrogens (tertiary/aromatic N) is 1. The van der Waals surface area contributed by atoms with Gasteiger partial charge in [0.1, 0.15) is 5.75 Å². The highest BCUT2D eigenvalue weighted by molar-refractivity contribution is 5.73. The van der Waals surface area contributed by atoms with Gasteiger partial charge in [-0.15, -0.1) is 0 Å². The second-order valence-corrected chi connectivity index (χ2v) is 5.57. The zero-order valence-electron chi connectivity index (χ0n) is 12.6. The van der Waals surface area contributed by atoms with Gasteiger partial charge in [-0.3, -0.25) is 4.79 Å². The predicted octanol–water partition coefficient (Wildman–Crippen LogP) is 3.28. The number of amides is 1. The molecule has 3 nitrogen and oxygen atoms in total. The molecule has 1 amide bonds. The van der Waals surface area contributed by atoms with E-state index in [4.69, 9.17) is 4.74 Å². The van der Waals surface area contributed by atoms with E-state index < -0.39 is 0 Å². The fourth-order valence-electron chi connectivity index (χ4n) is 2.83. The van der Waals surface area contributed by atoms with E-state index in [9.17, 15) is 4.79 Å². The first kappa shape index (κ1) is 14.9. The maximum absolute atomic E-state index is 11.3. The smallest absolute Gasteiger partial charge is 0.219 e. The Kier molecular flexibility index (Phi) is 5.45. The van der Waals surface area contributed by atoms with Crippen LogP contribution in [-0.2, 0) is 11.2 Å². The Labute approximate surface area is 121 Å². The molecule has 0 spiro atoms. The maximum atomic E-state index is 11.3. The SMILES string of the molecule is CCOc1ccc(CCC2CCN(C(C)=O)CC2)cc1. The van der Waals surface area contributed by atoms with E-state index in [0.717, 1.165) is 44.0 Å². The van der Waals surface area contributed by atoms with Crippen molar-refractivity contribution < 1.29 is 9.53 Å². The largest absolute Gasteiger partial charge is 0.494 e. The second kappa shape index (κ2) is 7.32. The molecule has 1 aromatic rings. The average molecular weight is 275 g/mol. The van der Waals surface area contributed by atoms with Crippen LogP contribution in [0, 0.1) is 5.92 Å². The summed E-state index contributed by atoms with van der Waals surface area (Å²) in [6, 6.07) is 8.43. The number of rotatable bonds is 5. The maximum Gasteiger partial charge on any atom is 0.219 e. The Morgan fingerprint density at radius 3 is 2.45 bits per heavy atom. The van der Waals surface area contributed by atoms with Gasteiger partial charge in [-0.05, 0) is 56.2 Å². The molecule has 0 radical (unpaired) electrons. The van der Waals surface area contributed by atoms with Crippen molar-refractivity contribution in [1.29, 1.82) is 0 Å². The van der Waals surface area contributed by atoms with Gasteiger partial charge in [-0.25, -0.2) is 0 Å². The molecule has 0 atom stereocenters. The minimum absolute atomic E-state index is 0.218. The molecule has 1 aliphatic heterocycles. The van der Waals surface area contributed by atoms with Gasteiger partial charge in [0.05, 0.1) is 6.61 Å². The molecule has 1 saturated heterocycles. The summed E-state index contributed by atoms with van der Waals surface area (Å²) in [6.45, 7) is 6.25. The van der Waals surface area contributed by atoms with Gasteiger partial charge >= 0.3 is 0 Å². The first-order valence-corrected chi connectivity index (χ1v) is 7.66. The van der Waals surface area contributed by atoms with Crippen molar-refractivity contribution in [2.45, 2.75) is 39.5 Å². The lowest BCUT2D eigenvalue weighted by atomic mass is 9.90. The molecule has 0 aromatic heterocycles. The van der Waals surface area contributed by atoms with Crippen molar-refractivity contribution in [3.05, 3.63) is 29.8 Å². The van der Waals surface area contributed by atoms with Crippen molar-refractivity contribution in [1.82, 2.24) is 4.90 Å². The summed E-state index contributed by atoms with van der Waals surface area (Å²) >= 11 is 0. The van der Waals surface area contributed by atoms with Crippen LogP contribution in [0.1, 0.15) is 38.7 Å². The van der Waals surface area contributed by atoms with Gasteiger partial charge in [0.15, 0.2) is 0 Å². The molecular weight excluding hydrogens is 250 g/mol. The Morgan fingerprint density at radius 1 is 1.25 bits per heavy atom. The number of carbonyl (C=O) groups is 1. The number of hydrogen-bond donors (Lipinski definition) is 0. The van der Waals surface area contributed by atoms with Crippen LogP contribution in [0.4, 0.5) is 0 Å². The highest BCUT2D eigenvalue weighted by atomic mass is 16.5. The van der Waals surface area contributed by atoms with E-state index in [2.05, 4.69) is 24.3 Å². The van der Waals surface area contributed by atoms with E-state index in [1.165, 1.54) is 12.0 Å². The zero-order valence-corrected chi connectivity index (χ0v) is 12.6. The molecule has 0 saturated carbocycles. The van der Waals surface area contributed by atoms with Crippen LogP contribution in [0.2, 0.25) is 0 Å². The molecule has 1 aromatic carbocycles. The second-order valence-electron chi connectivity index (χ2n) is 5.57. The summed E-state index contributed by atoms with van der Waals surface area (Å²) in [5.41, 5.74) is 1.38. The Bertz CT molecular complexity index is 419. The monoisotopic (exact) mass is 275 g/mol. The lowest BCUT2D eigenvalue weighted by molar-refractivity contribution is -0.130. The number of aryl methyl sites for hydroxylation is 1. The predicted molar refractivity (Wildman–Crippen MR) is 80.9 cm³/mol. The normalized spacial score (nSPS) is 16.2. The highest BCUT2D eigenvalue weighted by Gasteiger charge is 2.20. The number of ether oxygens (including phenoxy) is 1. The lowest BCUT2D eigenvalue weighted by Crippen LogP contribution is -2.37. The minimum Gasteiger partial charge on any atom is -0.494 e. The van der Waals surface area contributed by atoms with E-state index in [0.29, 0.717) is 6.61 Å². The van der Waals surface area contributed by atoms with Gasteiger partial charge in [-0.2, -0.15) is 0 Å². The average Bonchev–Trinajstić information content (AvgIpc) is 2.47. The molecule has 0 unspecified atom stereocenters. The standard InChI is InChI=1S/C17H25NO2/c1-3-20-17-8-6-15(7-9-17)4-5-16-10-12-18(13-11-16)14(2)19/h6-9,16H,3-5,10-13H2,1-2H3. The summed E-state index contributed by atoms with van der Waals surface area (Å²) in [7, 11) is 0. The lowest BCUT2D eigenvalue weighted by Gasteiger charge is -2.31. The number of piperidine rings is 1. The molecule has 0 N–H and O–H groups in total. The zero-order chi connectivity index (χ0) is 14.4. The Balaban J connectivity index is 1.74. The third kappa shape index (κ3) is 4.26. The van der Waals surface area contributed by atoms with Crippen molar-refractivity contribution in [2.24, 2.45) is 5.92 Å². The highest BCUT2D eigenvalue weighted by Crippen LogP contribution is 2.23. The molecule has 20 heavy (non-hydrogen) atoms. The van der Waals surface area contributed by atoms with Crippen molar-refractivity contribution in [2.75, 3.05) is 19.7 Å². The van der Waals surface area contributed by atoms with Crippen LogP contribution in [0.25, 0.3) is 0 Å². The first-order chi connectivity index (χ1) is 9.69. The van der Waals surface area contributed by atoms with Crippen LogP contribution in [0.3, 0.4) is 0 Å².